The second-order valence-electron chi connectivity index (χ2n) is 6.59. The topological polar surface area (TPSA) is 58.4 Å². The van der Waals surface area contributed by atoms with Gasteiger partial charge >= 0.3 is 6.18 Å². The minimum atomic E-state index is -4.54. The van der Waals surface area contributed by atoms with Crippen molar-refractivity contribution >= 4 is 11.6 Å². The highest BCUT2D eigenvalue weighted by Gasteiger charge is 2.35. The number of fused-ring (bicyclic) bond motifs is 1. The zero-order valence-electron chi connectivity index (χ0n) is 13.8. The Hall–Kier alpha value is -1.90. The Bertz CT molecular complexity index is 677. The molecule has 0 aliphatic carbocycles. The fourth-order valence-electron chi connectivity index (χ4n) is 2.43. The second kappa shape index (κ2) is 5.95. The molecule has 0 bridgehead atoms. The SMILES string of the molecule is CC(Nc1cc(C(F)(F)F)nc2ncnn12)C(C)(C)CN(C)C. The summed E-state index contributed by atoms with van der Waals surface area (Å²) in [4.78, 5) is 9.30. The van der Waals surface area contributed by atoms with Gasteiger partial charge in [-0.2, -0.15) is 27.8 Å². The monoisotopic (exact) mass is 330 g/mol. The third-order valence-corrected chi connectivity index (χ3v) is 3.80. The fourth-order valence-corrected chi connectivity index (χ4v) is 2.43. The van der Waals surface area contributed by atoms with Crippen LogP contribution in [0.5, 0.6) is 0 Å². The van der Waals surface area contributed by atoms with Crippen molar-refractivity contribution in [3.05, 3.63) is 18.1 Å². The molecule has 2 aromatic rings. The standard InChI is InChI=1S/C14H21F3N6/c1-9(13(2,3)7-22(4)5)20-11-6-10(14(15,16)17)21-12-18-8-19-23(11)12/h6,8-9,20H,7H2,1-5H3. The number of hydrogen-bond donors (Lipinski definition) is 1. The number of hydrogen-bond acceptors (Lipinski definition) is 5. The van der Waals surface area contributed by atoms with Crippen LogP contribution in [0.15, 0.2) is 12.4 Å². The van der Waals surface area contributed by atoms with Gasteiger partial charge in [0.05, 0.1) is 0 Å². The van der Waals surface area contributed by atoms with E-state index in [1.165, 1.54) is 10.8 Å². The molecule has 9 heteroatoms. The summed E-state index contributed by atoms with van der Waals surface area (Å²) < 4.78 is 40.2. The molecule has 2 heterocycles. The molecular weight excluding hydrogens is 309 g/mol. The molecule has 2 rings (SSSR count). The number of halogens is 3. The van der Waals surface area contributed by atoms with E-state index in [1.54, 1.807) is 0 Å². The summed E-state index contributed by atoms with van der Waals surface area (Å²) in [6.45, 7) is 6.81. The molecule has 0 amide bonds. The Morgan fingerprint density at radius 2 is 1.96 bits per heavy atom. The maximum atomic E-state index is 13.0. The quantitative estimate of drug-likeness (QED) is 0.913. The summed E-state index contributed by atoms with van der Waals surface area (Å²) in [6, 6.07) is 0.866. The van der Waals surface area contributed by atoms with E-state index in [0.29, 0.717) is 0 Å². The van der Waals surface area contributed by atoms with Gasteiger partial charge in [0.15, 0.2) is 5.69 Å². The molecule has 1 N–H and O–H groups in total. The van der Waals surface area contributed by atoms with Crippen molar-refractivity contribution in [1.82, 2.24) is 24.5 Å². The minimum Gasteiger partial charge on any atom is -0.367 e. The number of nitrogens with zero attached hydrogens (tertiary/aromatic N) is 5. The van der Waals surface area contributed by atoms with Crippen LogP contribution in [0.1, 0.15) is 26.5 Å². The van der Waals surface area contributed by atoms with Crippen LogP contribution in [0.25, 0.3) is 5.78 Å². The maximum absolute atomic E-state index is 13.0. The molecule has 23 heavy (non-hydrogen) atoms. The van der Waals surface area contributed by atoms with E-state index in [1.807, 2.05) is 25.9 Å². The van der Waals surface area contributed by atoms with Crippen LogP contribution >= 0.6 is 0 Å². The Morgan fingerprint density at radius 3 is 2.52 bits per heavy atom. The van der Waals surface area contributed by atoms with E-state index in [9.17, 15) is 13.2 Å². The smallest absolute Gasteiger partial charge is 0.367 e. The van der Waals surface area contributed by atoms with Crippen LogP contribution in [0, 0.1) is 5.41 Å². The number of anilines is 1. The van der Waals surface area contributed by atoms with Crippen LogP contribution in [0.3, 0.4) is 0 Å². The molecule has 0 spiro atoms. The highest BCUT2D eigenvalue weighted by molar-refractivity contribution is 5.46. The van der Waals surface area contributed by atoms with Crippen LogP contribution < -0.4 is 5.32 Å². The van der Waals surface area contributed by atoms with Crippen molar-refractivity contribution in [3.63, 3.8) is 0 Å². The Balaban J connectivity index is 2.37. The van der Waals surface area contributed by atoms with Gasteiger partial charge in [-0.3, -0.25) is 0 Å². The van der Waals surface area contributed by atoms with Gasteiger partial charge in [-0.15, -0.1) is 0 Å². The highest BCUT2D eigenvalue weighted by Crippen LogP contribution is 2.31. The number of aromatic nitrogens is 4. The van der Waals surface area contributed by atoms with Crippen molar-refractivity contribution in [2.75, 3.05) is 26.0 Å². The fraction of sp³-hybridized carbons (Fsp3) is 0.643. The number of rotatable bonds is 5. The number of nitrogens with one attached hydrogen (secondary N) is 1. The van der Waals surface area contributed by atoms with Crippen molar-refractivity contribution < 1.29 is 13.2 Å². The second-order valence-corrected chi connectivity index (χ2v) is 6.59. The Morgan fingerprint density at radius 1 is 1.30 bits per heavy atom. The van der Waals surface area contributed by atoms with Gasteiger partial charge in [0, 0.05) is 18.7 Å². The molecule has 0 fully saturated rings. The van der Waals surface area contributed by atoms with Crippen LogP contribution in [-0.2, 0) is 6.18 Å². The summed E-state index contributed by atoms with van der Waals surface area (Å²) >= 11 is 0. The number of alkyl halides is 3. The predicted molar refractivity (Wildman–Crippen MR) is 81.2 cm³/mol. The summed E-state index contributed by atoms with van der Waals surface area (Å²) in [5.74, 6) is 0.138. The van der Waals surface area contributed by atoms with Crippen LogP contribution in [0.4, 0.5) is 19.0 Å². The van der Waals surface area contributed by atoms with E-state index in [4.69, 9.17) is 0 Å². The van der Waals surface area contributed by atoms with Crippen molar-refractivity contribution in [2.45, 2.75) is 33.0 Å². The normalized spacial score (nSPS) is 14.5. The predicted octanol–water partition coefficient (Wildman–Crippen LogP) is 2.53. The van der Waals surface area contributed by atoms with Gasteiger partial charge in [-0.1, -0.05) is 13.8 Å². The lowest BCUT2D eigenvalue weighted by molar-refractivity contribution is -0.141. The molecule has 0 radical (unpaired) electrons. The van der Waals surface area contributed by atoms with Gasteiger partial charge in [-0.25, -0.2) is 4.98 Å². The minimum absolute atomic E-state index is 0.0834. The van der Waals surface area contributed by atoms with Crippen molar-refractivity contribution in [1.29, 1.82) is 0 Å². The van der Waals surface area contributed by atoms with Gasteiger partial charge < -0.3 is 10.2 Å². The first-order valence-electron chi connectivity index (χ1n) is 7.20. The molecule has 2 aromatic heterocycles. The first-order valence-corrected chi connectivity index (χ1v) is 7.20. The Labute approximate surface area is 132 Å². The lowest BCUT2D eigenvalue weighted by Crippen LogP contribution is -2.41. The highest BCUT2D eigenvalue weighted by atomic mass is 19.4. The average Bonchev–Trinajstić information content (AvgIpc) is 2.84. The van der Waals surface area contributed by atoms with Gasteiger partial charge in [-0.05, 0) is 26.4 Å². The van der Waals surface area contributed by atoms with Crippen LogP contribution in [-0.4, -0.2) is 51.2 Å². The summed E-state index contributed by atoms with van der Waals surface area (Å²) in [6.07, 6.45) is -3.35. The zero-order chi connectivity index (χ0) is 17.4. The molecule has 0 aromatic carbocycles. The van der Waals surface area contributed by atoms with E-state index >= 15 is 0 Å². The third kappa shape index (κ3) is 3.90. The third-order valence-electron chi connectivity index (χ3n) is 3.80. The van der Waals surface area contributed by atoms with Gasteiger partial charge in [0.1, 0.15) is 12.1 Å². The average molecular weight is 330 g/mol. The van der Waals surface area contributed by atoms with Gasteiger partial charge in [0.2, 0.25) is 0 Å². The van der Waals surface area contributed by atoms with E-state index < -0.39 is 11.9 Å². The molecule has 0 saturated heterocycles. The Kier molecular flexibility index (Phi) is 4.52. The summed E-state index contributed by atoms with van der Waals surface area (Å²) in [5, 5.41) is 7.06. The zero-order valence-corrected chi connectivity index (χ0v) is 13.8. The molecule has 0 aliphatic rings. The molecular formula is C14H21F3N6. The van der Waals surface area contributed by atoms with E-state index in [0.717, 1.165) is 12.6 Å². The van der Waals surface area contributed by atoms with E-state index in [-0.39, 0.29) is 23.1 Å². The van der Waals surface area contributed by atoms with Crippen molar-refractivity contribution in [2.24, 2.45) is 5.41 Å². The maximum Gasteiger partial charge on any atom is 0.433 e. The molecule has 0 saturated carbocycles. The molecule has 1 unspecified atom stereocenters. The molecule has 1 atom stereocenters. The lowest BCUT2D eigenvalue weighted by Gasteiger charge is -2.35. The summed E-state index contributed by atoms with van der Waals surface area (Å²) in [7, 11) is 3.91. The molecule has 0 aliphatic heterocycles. The lowest BCUT2D eigenvalue weighted by atomic mass is 9.85. The van der Waals surface area contributed by atoms with Gasteiger partial charge in [0.25, 0.3) is 5.78 Å². The molecule has 128 valence electrons. The first kappa shape index (κ1) is 17.5. The largest absolute Gasteiger partial charge is 0.433 e. The summed E-state index contributed by atoms with van der Waals surface area (Å²) in [5.41, 5.74) is -1.16. The first-order chi connectivity index (χ1) is 10.5. The van der Waals surface area contributed by atoms with E-state index in [2.05, 4.69) is 34.2 Å². The molecule has 6 nitrogen and oxygen atoms in total. The van der Waals surface area contributed by atoms with Crippen LogP contribution in [0.2, 0.25) is 0 Å². The van der Waals surface area contributed by atoms with Crippen molar-refractivity contribution in [3.8, 4) is 0 Å².